The fraction of sp³-hybridized carbons (Fsp3) is 0.458. The third-order valence-electron chi connectivity index (χ3n) is 6.14. The molecule has 4 rings (SSSR count). The smallest absolute Gasteiger partial charge is 0.261 e. The number of thiophene rings is 1. The molecule has 1 fully saturated rings. The van der Waals surface area contributed by atoms with Crippen LogP contribution in [0.5, 0.6) is 0 Å². The van der Waals surface area contributed by atoms with Gasteiger partial charge in [0.25, 0.3) is 5.91 Å². The molecule has 1 aromatic heterocycles. The number of amides is 1. The lowest BCUT2D eigenvalue weighted by molar-refractivity contribution is -0.105. The van der Waals surface area contributed by atoms with Gasteiger partial charge in [-0.25, -0.2) is 0 Å². The molecule has 1 aromatic carbocycles. The first-order chi connectivity index (χ1) is 15.4. The van der Waals surface area contributed by atoms with Gasteiger partial charge in [0.05, 0.1) is 4.88 Å². The second-order valence-electron chi connectivity index (χ2n) is 8.66. The molecule has 2 aromatic rings. The van der Waals surface area contributed by atoms with E-state index in [0.29, 0.717) is 4.88 Å². The summed E-state index contributed by atoms with van der Waals surface area (Å²) < 4.78 is 1.11. The first-order valence-corrected chi connectivity index (χ1v) is 13.2. The highest BCUT2D eigenvalue weighted by molar-refractivity contribution is 8.17. The van der Waals surface area contributed by atoms with Crippen molar-refractivity contribution in [1.29, 1.82) is 0 Å². The molecular formula is C24H29N3O2S3. The number of fused-ring (bicyclic) bond motifs is 1. The quantitative estimate of drug-likeness (QED) is 0.608. The van der Waals surface area contributed by atoms with Crippen LogP contribution >= 0.6 is 35.3 Å². The first kappa shape index (κ1) is 23.4. The molecule has 0 spiro atoms. The second-order valence-corrected chi connectivity index (χ2v) is 11.4. The molecule has 32 heavy (non-hydrogen) atoms. The maximum absolute atomic E-state index is 12.9. The second kappa shape index (κ2) is 10.5. The molecule has 8 heteroatoms. The summed E-state index contributed by atoms with van der Waals surface area (Å²) in [6, 6.07) is 9.95. The summed E-state index contributed by atoms with van der Waals surface area (Å²) in [6.45, 7) is 3.93. The summed E-state index contributed by atoms with van der Waals surface area (Å²) in [5.74, 6) is -0.0519. The van der Waals surface area contributed by atoms with Crippen molar-refractivity contribution < 1.29 is 9.59 Å². The van der Waals surface area contributed by atoms with Crippen LogP contribution in [-0.4, -0.2) is 52.3 Å². The van der Waals surface area contributed by atoms with Crippen LogP contribution in [0.15, 0.2) is 41.6 Å². The average Bonchev–Trinajstić information content (AvgIpc) is 3.21. The Hall–Kier alpha value is -1.74. The topological polar surface area (TPSA) is 61.4 Å². The molecule has 2 aliphatic rings. The van der Waals surface area contributed by atoms with E-state index in [9.17, 15) is 9.59 Å². The molecule has 1 aliphatic carbocycles. The van der Waals surface area contributed by atoms with Crippen LogP contribution < -0.4 is 10.6 Å². The number of likely N-dealkylation sites (N-methyl/N-ethyl adjacent to an activating group) is 1. The van der Waals surface area contributed by atoms with E-state index in [1.807, 2.05) is 30.3 Å². The number of carbonyl (C=O) groups is 2. The summed E-state index contributed by atoms with van der Waals surface area (Å²) in [5.41, 5.74) is 2.30. The molecule has 1 aliphatic heterocycles. The summed E-state index contributed by atoms with van der Waals surface area (Å²) in [4.78, 5) is 29.1. The van der Waals surface area contributed by atoms with Crippen molar-refractivity contribution in [3.8, 4) is 0 Å². The van der Waals surface area contributed by atoms with Gasteiger partial charge in [-0.1, -0.05) is 55.0 Å². The van der Waals surface area contributed by atoms with E-state index in [4.69, 9.17) is 12.2 Å². The number of benzene rings is 1. The molecule has 0 bridgehead atoms. The number of thioether (sulfide) groups is 1. The van der Waals surface area contributed by atoms with Crippen LogP contribution in [0.2, 0.25) is 0 Å². The molecule has 0 saturated heterocycles. The molecule has 1 saturated carbocycles. The Bertz CT molecular complexity index is 1030. The van der Waals surface area contributed by atoms with E-state index >= 15 is 0 Å². The Kier molecular flexibility index (Phi) is 7.66. The Morgan fingerprint density at radius 3 is 2.78 bits per heavy atom. The Morgan fingerprint density at radius 1 is 1.22 bits per heavy atom. The molecular weight excluding hydrogens is 458 g/mol. The maximum atomic E-state index is 12.9. The van der Waals surface area contributed by atoms with E-state index in [-0.39, 0.29) is 27.3 Å². The van der Waals surface area contributed by atoms with Gasteiger partial charge in [0.15, 0.2) is 4.99 Å². The number of hydrogen-bond acceptors (Lipinski definition) is 6. The zero-order chi connectivity index (χ0) is 22.7. The van der Waals surface area contributed by atoms with Crippen molar-refractivity contribution in [3.63, 3.8) is 0 Å². The zero-order valence-corrected chi connectivity index (χ0v) is 20.9. The van der Waals surface area contributed by atoms with Crippen LogP contribution in [0.3, 0.4) is 0 Å². The summed E-state index contributed by atoms with van der Waals surface area (Å²) in [6.07, 6.45) is 4.79. The third-order valence-corrected chi connectivity index (χ3v) is 8.96. The summed E-state index contributed by atoms with van der Waals surface area (Å²) >= 11 is 8.22. The monoisotopic (exact) mass is 487 g/mol. The number of thiocarbonyl (C=S) groups is 1. The van der Waals surface area contributed by atoms with Crippen LogP contribution in [0.25, 0.3) is 10.1 Å². The van der Waals surface area contributed by atoms with E-state index in [1.165, 1.54) is 28.7 Å². The molecule has 5 nitrogen and oxygen atoms in total. The Labute approximate surface area is 203 Å². The predicted molar refractivity (Wildman–Crippen MR) is 138 cm³/mol. The van der Waals surface area contributed by atoms with Crippen LogP contribution in [0.1, 0.15) is 48.7 Å². The van der Waals surface area contributed by atoms with Crippen molar-refractivity contribution in [3.05, 3.63) is 46.5 Å². The van der Waals surface area contributed by atoms with Gasteiger partial charge < -0.3 is 15.5 Å². The molecule has 2 unspecified atom stereocenters. The minimum absolute atomic E-state index is 0.0255. The van der Waals surface area contributed by atoms with Gasteiger partial charge in [-0.05, 0) is 49.9 Å². The van der Waals surface area contributed by atoms with E-state index in [2.05, 4.69) is 29.5 Å². The molecule has 0 radical (unpaired) electrons. The third kappa shape index (κ3) is 5.60. The highest BCUT2D eigenvalue weighted by Crippen LogP contribution is 2.31. The summed E-state index contributed by atoms with van der Waals surface area (Å²) in [7, 11) is 2.09. The molecule has 2 atom stereocenters. The maximum Gasteiger partial charge on any atom is 0.261 e. The zero-order valence-electron chi connectivity index (χ0n) is 18.5. The minimum Gasteiger partial charge on any atom is -0.347 e. The van der Waals surface area contributed by atoms with Gasteiger partial charge in [0, 0.05) is 41.2 Å². The molecule has 170 valence electrons. The van der Waals surface area contributed by atoms with Crippen molar-refractivity contribution in [2.24, 2.45) is 0 Å². The molecule has 2 N–H and O–H groups in total. The highest BCUT2D eigenvalue weighted by atomic mass is 32.2. The van der Waals surface area contributed by atoms with Gasteiger partial charge in [0.2, 0.25) is 5.12 Å². The predicted octanol–water partition coefficient (Wildman–Crippen LogP) is 4.73. The Morgan fingerprint density at radius 2 is 2.00 bits per heavy atom. The lowest BCUT2D eigenvalue weighted by Gasteiger charge is -2.31. The van der Waals surface area contributed by atoms with Crippen LogP contribution in [0.4, 0.5) is 0 Å². The van der Waals surface area contributed by atoms with Crippen LogP contribution in [-0.2, 0) is 4.79 Å². The minimum atomic E-state index is -0.104. The van der Waals surface area contributed by atoms with Crippen molar-refractivity contribution in [2.75, 3.05) is 20.1 Å². The number of rotatable bonds is 4. The fourth-order valence-corrected chi connectivity index (χ4v) is 6.70. The molecule has 2 heterocycles. The number of nitrogens with zero attached hydrogens (tertiary/aromatic N) is 1. The van der Waals surface area contributed by atoms with Crippen molar-refractivity contribution >= 4 is 61.4 Å². The standard InChI is InChI=1S/C24H29N3O2S3/c1-15-14-27(2)12-11-17(15)26-23(30)24(29)32-20-10-6-4-8-18(20)25-22(28)21-13-16-7-3-5-9-19(16)31-21/h3,5,7,9,13,18,20H,4,6,8,10-12,14H2,1-2H3,(H,25,28)(H,26,30). The van der Waals surface area contributed by atoms with Gasteiger partial charge >= 0.3 is 0 Å². The highest BCUT2D eigenvalue weighted by Gasteiger charge is 2.31. The van der Waals surface area contributed by atoms with E-state index in [1.54, 1.807) is 0 Å². The molecule has 1 amide bonds. The fourth-order valence-electron chi connectivity index (χ4n) is 4.38. The van der Waals surface area contributed by atoms with Gasteiger partial charge in [-0.3, -0.25) is 9.59 Å². The average molecular weight is 488 g/mol. The van der Waals surface area contributed by atoms with Crippen LogP contribution in [0, 0.1) is 0 Å². The summed E-state index contributed by atoms with van der Waals surface area (Å²) in [5, 5.41) is 7.43. The largest absolute Gasteiger partial charge is 0.347 e. The van der Waals surface area contributed by atoms with Gasteiger partial charge in [0.1, 0.15) is 0 Å². The first-order valence-electron chi connectivity index (χ1n) is 11.1. The normalized spacial score (nSPS) is 22.1. The Balaban J connectivity index is 1.37. The van der Waals surface area contributed by atoms with E-state index in [0.717, 1.165) is 61.0 Å². The number of nitrogens with one attached hydrogen (secondary N) is 2. The van der Waals surface area contributed by atoms with Crippen molar-refractivity contribution in [2.45, 2.75) is 50.3 Å². The number of hydrogen-bond donors (Lipinski definition) is 2. The van der Waals surface area contributed by atoms with Gasteiger partial charge in [-0.15, -0.1) is 11.3 Å². The van der Waals surface area contributed by atoms with E-state index < -0.39 is 0 Å². The van der Waals surface area contributed by atoms with Gasteiger partial charge in [-0.2, -0.15) is 0 Å². The lowest BCUT2D eigenvalue weighted by Crippen LogP contribution is -2.44. The van der Waals surface area contributed by atoms with Crippen molar-refractivity contribution in [1.82, 2.24) is 15.5 Å². The lowest BCUT2D eigenvalue weighted by atomic mass is 9.95. The number of carbonyl (C=O) groups excluding carboxylic acids is 2. The SMILES string of the molecule is CC1=C(NC(=S)C(=O)SC2CCCCC2NC(=O)c2cc3ccccc3s2)CCN(C)C1.